The van der Waals surface area contributed by atoms with Gasteiger partial charge in [-0.15, -0.1) is 0 Å². The fraction of sp³-hybridized carbons (Fsp3) is 0.417. The van der Waals surface area contributed by atoms with Gasteiger partial charge >= 0.3 is 5.97 Å². The SMILES string of the molecule is CCOC(=O)[C@@H]1CN(CCO)C[C@H](C(=O)c2cccc(O)c2)[C@H]1c1cccc(F)c1C. The first-order valence-corrected chi connectivity index (χ1v) is 10.5. The number of Topliss-reactive ketones (excluding diaryl/α,β-unsaturated/α-hetero) is 1. The van der Waals surface area contributed by atoms with Crippen LogP contribution in [0.15, 0.2) is 42.5 Å². The first-order chi connectivity index (χ1) is 14.9. The van der Waals surface area contributed by atoms with Gasteiger partial charge in [0, 0.05) is 37.0 Å². The van der Waals surface area contributed by atoms with Gasteiger partial charge in [-0.05, 0) is 43.2 Å². The number of β-amino-alcohol motifs (C(OH)–C–C–N with tert-alkyl or cyclic N) is 1. The fourth-order valence-corrected chi connectivity index (χ4v) is 4.47. The Bertz CT molecular complexity index is 947. The van der Waals surface area contributed by atoms with Gasteiger partial charge in [-0.2, -0.15) is 0 Å². The summed E-state index contributed by atoms with van der Waals surface area (Å²) in [5, 5.41) is 19.3. The molecule has 1 aliphatic heterocycles. The molecule has 2 aromatic carbocycles. The van der Waals surface area contributed by atoms with Crippen LogP contribution in [0.3, 0.4) is 0 Å². The number of carbonyl (C=O) groups is 2. The number of ether oxygens (including phenoxy) is 1. The summed E-state index contributed by atoms with van der Waals surface area (Å²) >= 11 is 0. The Morgan fingerprint density at radius 1 is 1.16 bits per heavy atom. The standard InChI is InChI=1S/C24H28FNO5/c1-3-31-24(30)20-14-26(10-11-27)13-19(23(29)16-6-4-7-17(28)12-16)22(20)18-8-5-9-21(25)15(18)2/h4-9,12,19-20,22,27-28H,3,10-11,13-14H2,1-2H3/t19-,20+,22+/m0/s1. The largest absolute Gasteiger partial charge is 0.508 e. The van der Waals surface area contributed by atoms with E-state index in [2.05, 4.69) is 0 Å². The molecule has 0 radical (unpaired) electrons. The highest BCUT2D eigenvalue weighted by molar-refractivity contribution is 5.99. The molecule has 3 rings (SSSR count). The third-order valence-corrected chi connectivity index (χ3v) is 5.92. The molecule has 1 saturated heterocycles. The Kier molecular flexibility index (Phi) is 7.41. The lowest BCUT2D eigenvalue weighted by Crippen LogP contribution is -2.51. The first kappa shape index (κ1) is 22.9. The average molecular weight is 429 g/mol. The number of likely N-dealkylation sites (tertiary alicyclic amines) is 1. The minimum Gasteiger partial charge on any atom is -0.508 e. The van der Waals surface area contributed by atoms with Gasteiger partial charge in [0.25, 0.3) is 0 Å². The predicted octanol–water partition coefficient (Wildman–Crippen LogP) is 2.91. The molecule has 31 heavy (non-hydrogen) atoms. The number of piperidine rings is 1. The van der Waals surface area contributed by atoms with Crippen LogP contribution in [-0.2, 0) is 9.53 Å². The molecule has 7 heteroatoms. The highest BCUT2D eigenvalue weighted by Gasteiger charge is 2.46. The van der Waals surface area contributed by atoms with Crippen molar-refractivity contribution in [3.8, 4) is 5.75 Å². The molecule has 0 aliphatic carbocycles. The van der Waals surface area contributed by atoms with Crippen LogP contribution in [0.2, 0.25) is 0 Å². The molecule has 0 spiro atoms. The van der Waals surface area contributed by atoms with Crippen LogP contribution < -0.4 is 0 Å². The summed E-state index contributed by atoms with van der Waals surface area (Å²) < 4.78 is 19.7. The van der Waals surface area contributed by atoms with Crippen molar-refractivity contribution >= 4 is 11.8 Å². The summed E-state index contributed by atoms with van der Waals surface area (Å²) in [7, 11) is 0. The van der Waals surface area contributed by atoms with Crippen molar-refractivity contribution in [2.75, 3.05) is 32.8 Å². The molecule has 1 fully saturated rings. The minimum atomic E-state index is -0.702. The molecule has 2 aromatic rings. The van der Waals surface area contributed by atoms with Crippen LogP contribution in [0.25, 0.3) is 0 Å². The molecule has 6 nitrogen and oxygen atoms in total. The smallest absolute Gasteiger partial charge is 0.310 e. The molecule has 0 aromatic heterocycles. The summed E-state index contributed by atoms with van der Waals surface area (Å²) in [5.41, 5.74) is 1.31. The van der Waals surface area contributed by atoms with Gasteiger partial charge in [-0.25, -0.2) is 4.39 Å². The molecule has 0 bridgehead atoms. The Hall–Kier alpha value is -2.77. The van der Waals surface area contributed by atoms with E-state index in [1.807, 2.05) is 4.90 Å². The van der Waals surface area contributed by atoms with Gasteiger partial charge in [-0.1, -0.05) is 24.3 Å². The van der Waals surface area contributed by atoms with Crippen molar-refractivity contribution in [3.05, 3.63) is 65.0 Å². The van der Waals surface area contributed by atoms with Crippen molar-refractivity contribution in [2.24, 2.45) is 11.8 Å². The Morgan fingerprint density at radius 3 is 2.55 bits per heavy atom. The Balaban J connectivity index is 2.12. The van der Waals surface area contributed by atoms with E-state index >= 15 is 0 Å². The van der Waals surface area contributed by atoms with Crippen molar-refractivity contribution in [2.45, 2.75) is 19.8 Å². The monoisotopic (exact) mass is 429 g/mol. The quantitative estimate of drug-likeness (QED) is 0.520. The number of benzene rings is 2. The van der Waals surface area contributed by atoms with E-state index in [4.69, 9.17) is 4.74 Å². The maximum atomic E-state index is 14.4. The molecule has 2 N–H and O–H groups in total. The van der Waals surface area contributed by atoms with Crippen LogP contribution in [0.1, 0.15) is 34.3 Å². The maximum absolute atomic E-state index is 14.4. The van der Waals surface area contributed by atoms with Gasteiger partial charge < -0.3 is 14.9 Å². The van der Waals surface area contributed by atoms with Crippen LogP contribution >= 0.6 is 0 Å². The number of hydrogen-bond acceptors (Lipinski definition) is 6. The molecule has 0 unspecified atom stereocenters. The number of esters is 1. The number of carbonyl (C=O) groups excluding carboxylic acids is 2. The fourth-order valence-electron chi connectivity index (χ4n) is 4.47. The summed E-state index contributed by atoms with van der Waals surface area (Å²) in [6.45, 7) is 4.32. The van der Waals surface area contributed by atoms with E-state index in [0.717, 1.165) is 0 Å². The van der Waals surface area contributed by atoms with Gasteiger partial charge in [0.05, 0.1) is 19.1 Å². The van der Waals surface area contributed by atoms with Crippen LogP contribution in [0, 0.1) is 24.6 Å². The summed E-state index contributed by atoms with van der Waals surface area (Å²) in [6.07, 6.45) is 0. The minimum absolute atomic E-state index is 0.0331. The Morgan fingerprint density at radius 2 is 1.87 bits per heavy atom. The number of aromatic hydroxyl groups is 1. The number of phenols is 1. The topological polar surface area (TPSA) is 87.1 Å². The number of rotatable bonds is 7. The lowest BCUT2D eigenvalue weighted by Gasteiger charge is -2.42. The van der Waals surface area contributed by atoms with Crippen molar-refractivity contribution < 1.29 is 28.9 Å². The number of aliphatic hydroxyl groups excluding tert-OH is 1. The zero-order chi connectivity index (χ0) is 22.5. The molecular formula is C24H28FNO5. The van der Waals surface area contributed by atoms with Gasteiger partial charge in [0.15, 0.2) is 5.78 Å². The van der Waals surface area contributed by atoms with E-state index in [9.17, 15) is 24.2 Å². The van der Waals surface area contributed by atoms with E-state index in [-0.39, 0.29) is 24.7 Å². The van der Waals surface area contributed by atoms with Crippen molar-refractivity contribution in [1.29, 1.82) is 0 Å². The zero-order valence-electron chi connectivity index (χ0n) is 17.8. The number of ketones is 1. The van der Waals surface area contributed by atoms with Crippen LogP contribution in [0.5, 0.6) is 5.75 Å². The van der Waals surface area contributed by atoms with Crippen LogP contribution in [-0.4, -0.2) is 59.7 Å². The second kappa shape index (κ2) is 10.0. The summed E-state index contributed by atoms with van der Waals surface area (Å²) in [4.78, 5) is 28.4. The third kappa shape index (κ3) is 4.94. The molecule has 1 aliphatic rings. The number of phenolic OH excluding ortho intramolecular Hbond substituents is 1. The molecule has 0 saturated carbocycles. The second-order valence-electron chi connectivity index (χ2n) is 7.84. The van der Waals surface area contributed by atoms with Gasteiger partial charge in [-0.3, -0.25) is 14.5 Å². The highest BCUT2D eigenvalue weighted by Crippen LogP contribution is 2.41. The van der Waals surface area contributed by atoms with Gasteiger partial charge in [0.2, 0.25) is 0 Å². The molecule has 0 amide bonds. The lowest BCUT2D eigenvalue weighted by atomic mass is 9.70. The average Bonchev–Trinajstić information content (AvgIpc) is 2.75. The van der Waals surface area contributed by atoms with E-state index in [1.54, 1.807) is 38.1 Å². The molecule has 3 atom stereocenters. The number of nitrogens with zero attached hydrogens (tertiary/aromatic N) is 1. The first-order valence-electron chi connectivity index (χ1n) is 10.5. The zero-order valence-corrected chi connectivity index (χ0v) is 17.8. The van der Waals surface area contributed by atoms with Crippen LogP contribution in [0.4, 0.5) is 4.39 Å². The lowest BCUT2D eigenvalue weighted by molar-refractivity contribution is -0.151. The summed E-state index contributed by atoms with van der Waals surface area (Å²) in [6, 6.07) is 10.7. The normalized spacial score (nSPS) is 21.6. The van der Waals surface area contributed by atoms with Crippen molar-refractivity contribution in [3.63, 3.8) is 0 Å². The molecular weight excluding hydrogens is 401 g/mol. The third-order valence-electron chi connectivity index (χ3n) is 5.92. The Labute approximate surface area is 181 Å². The van der Waals surface area contributed by atoms with Gasteiger partial charge in [0.1, 0.15) is 11.6 Å². The van der Waals surface area contributed by atoms with E-state index in [1.165, 1.54) is 18.2 Å². The number of aliphatic hydroxyl groups is 1. The second-order valence-corrected chi connectivity index (χ2v) is 7.84. The highest BCUT2D eigenvalue weighted by atomic mass is 19.1. The van der Waals surface area contributed by atoms with E-state index in [0.29, 0.717) is 36.3 Å². The molecule has 166 valence electrons. The number of halogens is 1. The van der Waals surface area contributed by atoms with E-state index < -0.39 is 29.5 Å². The summed E-state index contributed by atoms with van der Waals surface area (Å²) in [5.74, 6) is -3.12. The van der Waals surface area contributed by atoms with Crippen molar-refractivity contribution in [1.82, 2.24) is 4.90 Å². The molecule has 1 heterocycles. The number of hydrogen-bond donors (Lipinski definition) is 2. The predicted molar refractivity (Wildman–Crippen MR) is 113 cm³/mol. The maximum Gasteiger partial charge on any atom is 0.310 e.